The van der Waals surface area contributed by atoms with Crippen LogP contribution >= 0.6 is 0 Å². The number of allylic oxidation sites excluding steroid dienone is 1. The van der Waals surface area contributed by atoms with Crippen LogP contribution in [-0.4, -0.2) is 6.54 Å². The molecule has 0 radical (unpaired) electrons. The minimum absolute atomic E-state index is 0.797. The molecular weight excluding hydrogens is 206 g/mol. The fourth-order valence-corrected chi connectivity index (χ4v) is 1.92. The van der Waals surface area contributed by atoms with Crippen LogP contribution in [0, 0.1) is 5.92 Å². The van der Waals surface area contributed by atoms with Crippen molar-refractivity contribution in [1.82, 2.24) is 0 Å². The number of para-hydroxylation sites is 1. The van der Waals surface area contributed by atoms with Crippen LogP contribution in [0.2, 0.25) is 0 Å². The van der Waals surface area contributed by atoms with Crippen molar-refractivity contribution in [3.8, 4) is 0 Å². The van der Waals surface area contributed by atoms with E-state index in [2.05, 4.69) is 50.0 Å². The summed E-state index contributed by atoms with van der Waals surface area (Å²) >= 11 is 0. The van der Waals surface area contributed by atoms with E-state index in [-0.39, 0.29) is 0 Å². The lowest BCUT2D eigenvalue weighted by atomic mass is 9.99. The van der Waals surface area contributed by atoms with E-state index in [1.807, 2.05) is 6.07 Å². The van der Waals surface area contributed by atoms with Crippen LogP contribution in [0.1, 0.15) is 39.5 Å². The molecule has 0 spiro atoms. The van der Waals surface area contributed by atoms with E-state index in [9.17, 15) is 0 Å². The summed E-state index contributed by atoms with van der Waals surface area (Å²) in [7, 11) is 0. The van der Waals surface area contributed by atoms with Gasteiger partial charge in [-0.2, -0.15) is 0 Å². The number of nitrogens with one attached hydrogen (secondary N) is 1. The van der Waals surface area contributed by atoms with E-state index in [0.29, 0.717) is 0 Å². The molecule has 0 aromatic heterocycles. The molecule has 0 unspecified atom stereocenters. The largest absolute Gasteiger partial charge is 0.385 e. The van der Waals surface area contributed by atoms with Crippen LogP contribution in [0.15, 0.2) is 42.5 Å². The number of hydrogen-bond donors (Lipinski definition) is 1. The first-order valence-electron chi connectivity index (χ1n) is 6.62. The molecule has 0 saturated carbocycles. The average molecular weight is 231 g/mol. The SMILES string of the molecule is C=C(C)CCC[C@H](C)CCNc1ccccc1. The Kier molecular flexibility index (Phi) is 6.46. The number of hydrogen-bond acceptors (Lipinski definition) is 1. The van der Waals surface area contributed by atoms with Gasteiger partial charge in [0.15, 0.2) is 0 Å². The highest BCUT2D eigenvalue weighted by molar-refractivity contribution is 5.42. The van der Waals surface area contributed by atoms with Gasteiger partial charge in [-0.15, -0.1) is 6.58 Å². The van der Waals surface area contributed by atoms with Gasteiger partial charge in [0.05, 0.1) is 0 Å². The first-order chi connectivity index (χ1) is 8.18. The second kappa shape index (κ2) is 7.94. The van der Waals surface area contributed by atoms with Crippen molar-refractivity contribution in [2.24, 2.45) is 5.92 Å². The smallest absolute Gasteiger partial charge is 0.0340 e. The third-order valence-corrected chi connectivity index (χ3v) is 3.04. The van der Waals surface area contributed by atoms with Gasteiger partial charge in [0.2, 0.25) is 0 Å². The van der Waals surface area contributed by atoms with Gasteiger partial charge in [0.25, 0.3) is 0 Å². The Balaban J connectivity index is 2.08. The van der Waals surface area contributed by atoms with Crippen LogP contribution in [0.4, 0.5) is 5.69 Å². The maximum Gasteiger partial charge on any atom is 0.0340 e. The second-order valence-corrected chi connectivity index (χ2v) is 5.04. The third-order valence-electron chi connectivity index (χ3n) is 3.04. The maximum atomic E-state index is 3.94. The zero-order valence-corrected chi connectivity index (χ0v) is 11.2. The highest BCUT2D eigenvalue weighted by atomic mass is 14.9. The van der Waals surface area contributed by atoms with Crippen molar-refractivity contribution in [2.45, 2.75) is 39.5 Å². The molecule has 0 saturated heterocycles. The summed E-state index contributed by atoms with van der Waals surface area (Å²) in [4.78, 5) is 0. The lowest BCUT2D eigenvalue weighted by molar-refractivity contribution is 0.486. The number of anilines is 1. The molecular formula is C16H25N. The van der Waals surface area contributed by atoms with E-state index >= 15 is 0 Å². The van der Waals surface area contributed by atoms with E-state index < -0.39 is 0 Å². The van der Waals surface area contributed by atoms with Crippen molar-refractivity contribution >= 4 is 5.69 Å². The molecule has 1 N–H and O–H groups in total. The quantitative estimate of drug-likeness (QED) is 0.629. The zero-order valence-electron chi connectivity index (χ0n) is 11.2. The molecule has 1 atom stereocenters. The summed E-state index contributed by atoms with van der Waals surface area (Å²) in [5.41, 5.74) is 2.53. The van der Waals surface area contributed by atoms with Gasteiger partial charge in [0, 0.05) is 12.2 Å². The molecule has 1 nitrogen and oxygen atoms in total. The average Bonchev–Trinajstić information content (AvgIpc) is 2.30. The van der Waals surface area contributed by atoms with E-state index in [1.165, 1.54) is 36.9 Å². The van der Waals surface area contributed by atoms with Crippen LogP contribution in [0.3, 0.4) is 0 Å². The summed E-state index contributed by atoms with van der Waals surface area (Å²) in [6.45, 7) is 9.46. The predicted molar refractivity (Wildman–Crippen MR) is 77.4 cm³/mol. The normalized spacial score (nSPS) is 12.1. The molecule has 0 heterocycles. The van der Waals surface area contributed by atoms with Crippen molar-refractivity contribution in [3.63, 3.8) is 0 Å². The third kappa shape index (κ3) is 6.83. The predicted octanol–water partition coefficient (Wildman–Crippen LogP) is 4.87. The molecule has 0 aliphatic rings. The highest BCUT2D eigenvalue weighted by Gasteiger charge is 2.01. The Morgan fingerprint density at radius 2 is 1.94 bits per heavy atom. The Morgan fingerprint density at radius 3 is 2.59 bits per heavy atom. The summed E-state index contributed by atoms with van der Waals surface area (Å²) in [6.07, 6.45) is 5.01. The Morgan fingerprint density at radius 1 is 1.24 bits per heavy atom. The Bertz CT molecular complexity index is 316. The van der Waals surface area contributed by atoms with Crippen molar-refractivity contribution < 1.29 is 0 Å². The lowest BCUT2D eigenvalue weighted by Gasteiger charge is -2.12. The summed E-state index contributed by atoms with van der Waals surface area (Å²) in [5.74, 6) is 0.797. The van der Waals surface area contributed by atoms with E-state index in [0.717, 1.165) is 12.5 Å². The molecule has 0 aliphatic heterocycles. The lowest BCUT2D eigenvalue weighted by Crippen LogP contribution is -2.06. The van der Waals surface area contributed by atoms with Crippen LogP contribution in [0.5, 0.6) is 0 Å². The van der Waals surface area contributed by atoms with Gasteiger partial charge in [-0.25, -0.2) is 0 Å². The van der Waals surface area contributed by atoms with E-state index in [1.54, 1.807) is 0 Å². The monoisotopic (exact) mass is 231 g/mol. The van der Waals surface area contributed by atoms with Gasteiger partial charge in [0.1, 0.15) is 0 Å². The molecule has 0 bridgehead atoms. The standard InChI is InChI=1S/C16H25N/c1-14(2)8-7-9-15(3)12-13-17-16-10-5-4-6-11-16/h4-6,10-11,15,17H,1,7-9,12-13H2,2-3H3/t15-/m0/s1. The van der Waals surface area contributed by atoms with E-state index in [4.69, 9.17) is 0 Å². The van der Waals surface area contributed by atoms with Crippen LogP contribution < -0.4 is 5.32 Å². The molecule has 17 heavy (non-hydrogen) atoms. The summed E-state index contributed by atoms with van der Waals surface area (Å²) in [5, 5.41) is 3.46. The molecule has 1 aromatic carbocycles. The molecule has 94 valence electrons. The molecule has 1 rings (SSSR count). The fraction of sp³-hybridized carbons (Fsp3) is 0.500. The van der Waals surface area contributed by atoms with Gasteiger partial charge in [-0.1, -0.05) is 37.1 Å². The number of benzene rings is 1. The summed E-state index contributed by atoms with van der Waals surface area (Å²) in [6, 6.07) is 10.4. The molecule has 1 heteroatoms. The zero-order chi connectivity index (χ0) is 12.5. The van der Waals surface area contributed by atoms with Gasteiger partial charge in [-0.05, 0) is 44.2 Å². The van der Waals surface area contributed by atoms with Crippen molar-refractivity contribution in [1.29, 1.82) is 0 Å². The van der Waals surface area contributed by atoms with Crippen LogP contribution in [-0.2, 0) is 0 Å². The first kappa shape index (κ1) is 13.8. The minimum atomic E-state index is 0.797. The highest BCUT2D eigenvalue weighted by Crippen LogP contribution is 2.14. The van der Waals surface area contributed by atoms with Gasteiger partial charge >= 0.3 is 0 Å². The summed E-state index contributed by atoms with van der Waals surface area (Å²) < 4.78 is 0. The maximum absolute atomic E-state index is 3.94. The number of rotatable bonds is 8. The van der Waals surface area contributed by atoms with Crippen molar-refractivity contribution in [2.75, 3.05) is 11.9 Å². The fourth-order valence-electron chi connectivity index (χ4n) is 1.92. The Labute approximate surface area is 106 Å². The first-order valence-corrected chi connectivity index (χ1v) is 6.62. The molecule has 0 amide bonds. The Hall–Kier alpha value is -1.24. The van der Waals surface area contributed by atoms with Gasteiger partial charge in [-0.3, -0.25) is 0 Å². The van der Waals surface area contributed by atoms with Crippen LogP contribution in [0.25, 0.3) is 0 Å². The van der Waals surface area contributed by atoms with Crippen molar-refractivity contribution in [3.05, 3.63) is 42.5 Å². The van der Waals surface area contributed by atoms with Gasteiger partial charge < -0.3 is 5.32 Å². The topological polar surface area (TPSA) is 12.0 Å². The molecule has 0 fully saturated rings. The minimum Gasteiger partial charge on any atom is -0.385 e. The molecule has 0 aliphatic carbocycles. The molecule has 1 aromatic rings. The second-order valence-electron chi connectivity index (χ2n) is 5.04.